The molecule has 2 radical (unpaired) electrons. The highest BCUT2D eigenvalue weighted by molar-refractivity contribution is 6.10. The monoisotopic (exact) mass is 542 g/mol. The van der Waals surface area contributed by atoms with Gasteiger partial charge in [0.15, 0.2) is 0 Å². The molecule has 0 aliphatic rings. The van der Waals surface area contributed by atoms with Gasteiger partial charge in [-0.25, -0.2) is 0 Å². The first-order valence-electron chi connectivity index (χ1n) is 15.6. The van der Waals surface area contributed by atoms with Gasteiger partial charge in [0.2, 0.25) is 0 Å². The zero-order valence-electron chi connectivity index (χ0n) is 27.0. The van der Waals surface area contributed by atoms with Gasteiger partial charge in [0.05, 0.1) is 21.1 Å². The fourth-order valence-corrected chi connectivity index (χ4v) is 4.34. The second-order valence-electron chi connectivity index (χ2n) is 11.6. The molecule has 0 amide bonds. The Hall–Kier alpha value is -1.14. The first-order chi connectivity index (χ1) is 18.8. The number of ether oxygens (including phenoxy) is 2. The Morgan fingerprint density at radius 1 is 0.615 bits per heavy atom. The van der Waals surface area contributed by atoms with Crippen LogP contribution >= 0.6 is 0 Å². The smallest absolute Gasteiger partial charge is 0.0712 e. The Balaban J connectivity index is 4.56. The average Bonchev–Trinajstić information content (AvgIpc) is 2.89. The summed E-state index contributed by atoms with van der Waals surface area (Å²) in [5, 5.41) is 0. The molecule has 0 aromatic heterocycles. The van der Waals surface area contributed by atoms with E-state index in [9.17, 15) is 0 Å². The van der Waals surface area contributed by atoms with Gasteiger partial charge < -0.3 is 19.3 Å². The molecule has 0 aromatic carbocycles. The summed E-state index contributed by atoms with van der Waals surface area (Å²) >= 11 is 0. The van der Waals surface area contributed by atoms with Crippen molar-refractivity contribution in [3.05, 3.63) is 46.6 Å². The molecule has 0 saturated carbocycles. The van der Waals surface area contributed by atoms with Crippen LogP contribution in [0.2, 0.25) is 6.32 Å². The molecule has 0 atom stereocenters. The van der Waals surface area contributed by atoms with E-state index < -0.39 is 0 Å². The van der Waals surface area contributed by atoms with Gasteiger partial charge in [-0.3, -0.25) is 0 Å². The van der Waals surface area contributed by atoms with Crippen molar-refractivity contribution in [1.29, 1.82) is 0 Å². The Morgan fingerprint density at radius 2 is 1.08 bits per heavy atom. The molecular formula is C34H63BN2O2. The first kappa shape index (κ1) is 37.9. The van der Waals surface area contributed by atoms with Crippen LogP contribution in [0.1, 0.15) is 97.8 Å². The molecule has 0 aliphatic heterocycles. The van der Waals surface area contributed by atoms with Crippen LogP contribution in [0.15, 0.2) is 46.6 Å². The summed E-state index contributed by atoms with van der Waals surface area (Å²) in [6, 6.07) is 0. The highest BCUT2D eigenvalue weighted by Crippen LogP contribution is 2.19. The van der Waals surface area contributed by atoms with Gasteiger partial charge in [-0.05, 0) is 119 Å². The summed E-state index contributed by atoms with van der Waals surface area (Å²) in [4.78, 5) is 4.40. The second kappa shape index (κ2) is 27.1. The maximum absolute atomic E-state index is 6.09. The maximum atomic E-state index is 6.09. The van der Waals surface area contributed by atoms with Crippen LogP contribution in [0.25, 0.3) is 0 Å². The minimum absolute atomic E-state index is 0.653. The number of allylic oxidation sites excluding steroid dienone is 6. The Morgan fingerprint density at radius 3 is 1.54 bits per heavy atom. The SMILES string of the molecule is [B]C/C(=C/CC/C(=C/CCCCC)CC/C=C(/C)COCCCN(C)C)CC/C=C(/C)COCCCN(C)C. The predicted octanol–water partition coefficient (Wildman–Crippen LogP) is 8.18. The van der Waals surface area contributed by atoms with Gasteiger partial charge in [-0.1, -0.05) is 72.7 Å². The van der Waals surface area contributed by atoms with Crippen LogP contribution < -0.4 is 0 Å². The summed E-state index contributed by atoms with van der Waals surface area (Å²) in [5.41, 5.74) is 5.63. The first-order valence-corrected chi connectivity index (χ1v) is 15.6. The number of rotatable bonds is 26. The third-order valence-corrected chi connectivity index (χ3v) is 6.77. The zero-order chi connectivity index (χ0) is 29.1. The highest BCUT2D eigenvalue weighted by Gasteiger charge is 2.01. The number of hydrogen-bond donors (Lipinski definition) is 0. The zero-order valence-corrected chi connectivity index (χ0v) is 27.0. The summed E-state index contributed by atoms with van der Waals surface area (Å²) in [6.45, 7) is 11.9. The van der Waals surface area contributed by atoms with Crippen LogP contribution in [-0.2, 0) is 9.47 Å². The average molecular weight is 543 g/mol. The number of hydrogen-bond acceptors (Lipinski definition) is 4. The Labute approximate surface area is 245 Å². The molecule has 224 valence electrons. The minimum Gasteiger partial charge on any atom is -0.377 e. The molecule has 0 fully saturated rings. The van der Waals surface area contributed by atoms with Crippen LogP contribution in [0, 0.1) is 0 Å². The van der Waals surface area contributed by atoms with Crippen molar-refractivity contribution < 1.29 is 9.47 Å². The molecule has 0 aromatic rings. The summed E-state index contributed by atoms with van der Waals surface area (Å²) in [6.07, 6.45) is 24.1. The van der Waals surface area contributed by atoms with E-state index in [2.05, 4.69) is 83.1 Å². The van der Waals surface area contributed by atoms with Crippen LogP contribution in [-0.4, -0.2) is 85.4 Å². The van der Waals surface area contributed by atoms with Crippen LogP contribution in [0.4, 0.5) is 0 Å². The lowest BCUT2D eigenvalue weighted by atomic mass is 9.91. The maximum Gasteiger partial charge on any atom is 0.0712 e. The van der Waals surface area contributed by atoms with Gasteiger partial charge in [-0.2, -0.15) is 0 Å². The summed E-state index contributed by atoms with van der Waals surface area (Å²) in [7, 11) is 14.5. The molecular weight excluding hydrogens is 479 g/mol. The van der Waals surface area contributed by atoms with E-state index in [0.717, 1.165) is 90.9 Å². The Bertz CT molecular complexity index is 695. The molecule has 0 saturated heterocycles. The van der Waals surface area contributed by atoms with Crippen molar-refractivity contribution in [3.8, 4) is 0 Å². The van der Waals surface area contributed by atoms with Gasteiger partial charge in [0.25, 0.3) is 0 Å². The largest absolute Gasteiger partial charge is 0.377 e. The van der Waals surface area contributed by atoms with Crippen molar-refractivity contribution >= 4 is 7.85 Å². The van der Waals surface area contributed by atoms with Gasteiger partial charge in [0.1, 0.15) is 0 Å². The molecule has 0 unspecified atom stereocenters. The molecule has 0 spiro atoms. The van der Waals surface area contributed by atoms with E-state index in [1.807, 2.05) is 0 Å². The van der Waals surface area contributed by atoms with Gasteiger partial charge in [-0.15, -0.1) is 0 Å². The van der Waals surface area contributed by atoms with Crippen molar-refractivity contribution in [2.75, 3.05) is 67.7 Å². The minimum atomic E-state index is 0.653. The predicted molar refractivity (Wildman–Crippen MR) is 174 cm³/mol. The Kier molecular flexibility index (Phi) is 26.3. The molecule has 0 N–H and O–H groups in total. The molecule has 0 rings (SSSR count). The number of unbranched alkanes of at least 4 members (excludes halogenated alkanes) is 3. The van der Waals surface area contributed by atoms with Crippen molar-refractivity contribution in [3.63, 3.8) is 0 Å². The highest BCUT2D eigenvalue weighted by atomic mass is 16.5. The lowest BCUT2D eigenvalue weighted by molar-refractivity contribution is 0.146. The lowest BCUT2D eigenvalue weighted by Crippen LogP contribution is -2.15. The molecule has 0 bridgehead atoms. The van der Waals surface area contributed by atoms with Gasteiger partial charge >= 0.3 is 0 Å². The molecule has 0 heterocycles. The summed E-state index contributed by atoms with van der Waals surface area (Å²) in [5.74, 6) is 0. The molecule has 0 aliphatic carbocycles. The van der Waals surface area contributed by atoms with E-state index in [4.69, 9.17) is 17.3 Å². The quantitative estimate of drug-likeness (QED) is 0.0625. The van der Waals surface area contributed by atoms with E-state index in [-0.39, 0.29) is 0 Å². The number of nitrogens with zero attached hydrogens (tertiary/aromatic N) is 2. The fraction of sp³-hybridized carbons (Fsp3) is 0.765. The topological polar surface area (TPSA) is 24.9 Å². The fourth-order valence-electron chi connectivity index (χ4n) is 4.34. The molecule has 4 nitrogen and oxygen atoms in total. The van der Waals surface area contributed by atoms with Crippen molar-refractivity contribution in [2.45, 2.75) is 104 Å². The van der Waals surface area contributed by atoms with Crippen molar-refractivity contribution in [1.82, 2.24) is 9.80 Å². The third kappa shape index (κ3) is 26.8. The normalized spacial score (nSPS) is 13.8. The van der Waals surface area contributed by atoms with Gasteiger partial charge in [0, 0.05) is 13.2 Å². The third-order valence-electron chi connectivity index (χ3n) is 6.77. The molecule has 39 heavy (non-hydrogen) atoms. The van der Waals surface area contributed by atoms with E-state index >= 15 is 0 Å². The van der Waals surface area contributed by atoms with E-state index in [1.54, 1.807) is 5.57 Å². The molecule has 5 heteroatoms. The second-order valence-corrected chi connectivity index (χ2v) is 11.6. The van der Waals surface area contributed by atoms with Crippen LogP contribution in [0.3, 0.4) is 0 Å². The van der Waals surface area contributed by atoms with E-state index in [0.29, 0.717) is 6.32 Å². The lowest BCUT2D eigenvalue weighted by Gasteiger charge is -2.10. The van der Waals surface area contributed by atoms with Crippen molar-refractivity contribution in [2.24, 2.45) is 0 Å². The van der Waals surface area contributed by atoms with E-state index in [1.165, 1.54) is 42.4 Å². The van der Waals surface area contributed by atoms with Crippen LogP contribution in [0.5, 0.6) is 0 Å². The standard InChI is InChI=1S/C34H63BN2O2/c1-8-9-10-11-19-33(20-12-17-31(2)29-38-26-15-24-36(4)5)21-14-23-34(28-35)22-13-18-32(3)30-39-27-16-25-37(6)7/h17-19,23H,8-16,20-22,24-30H2,1-7H3/b31-17-,32-18-,33-19+,34-23+. The summed E-state index contributed by atoms with van der Waals surface area (Å²) < 4.78 is 11.6.